The second kappa shape index (κ2) is 12.5. The Kier molecular flexibility index (Phi) is 6.93. The number of hydrogen-bond acceptors (Lipinski definition) is 1. The van der Waals surface area contributed by atoms with Crippen LogP contribution in [0.3, 0.4) is 0 Å². The van der Waals surface area contributed by atoms with Crippen LogP contribution >= 0.6 is 0 Å². The van der Waals surface area contributed by atoms with Gasteiger partial charge in [0.05, 0.1) is 22.1 Å². The highest BCUT2D eigenvalue weighted by Gasteiger charge is 2.23. The van der Waals surface area contributed by atoms with E-state index in [1.165, 1.54) is 54.7 Å². The first-order valence-electron chi connectivity index (χ1n) is 19.5. The molecular weight excluding hydrogens is 693 g/mol. The SMILES string of the molecule is c1ccc(-n2c3ccccc3c3cc(-c4ccc5c(c4)-c4ccccc4-c4cc(-c6ccc7c(c6)c6ccccc6n7-c6ccccc6)ccc4O5)ccc32)cc1. The van der Waals surface area contributed by atoms with Gasteiger partial charge in [-0.3, -0.25) is 0 Å². The summed E-state index contributed by atoms with van der Waals surface area (Å²) in [6.45, 7) is 0. The Hall–Kier alpha value is -7.62. The summed E-state index contributed by atoms with van der Waals surface area (Å²) < 4.78 is 11.5. The van der Waals surface area contributed by atoms with Crippen molar-refractivity contribution in [2.45, 2.75) is 0 Å². The number of rotatable bonds is 4. The predicted octanol–water partition coefficient (Wildman–Crippen LogP) is 14.7. The molecule has 0 bridgehead atoms. The second-order valence-electron chi connectivity index (χ2n) is 14.9. The molecule has 3 heterocycles. The first-order chi connectivity index (χ1) is 28.3. The molecule has 0 saturated carbocycles. The van der Waals surface area contributed by atoms with Crippen molar-refractivity contribution < 1.29 is 4.74 Å². The van der Waals surface area contributed by atoms with Crippen LogP contribution in [0.1, 0.15) is 0 Å². The van der Waals surface area contributed by atoms with Gasteiger partial charge in [0, 0.05) is 44.0 Å². The minimum atomic E-state index is 0.856. The van der Waals surface area contributed by atoms with Crippen molar-refractivity contribution >= 4 is 43.6 Å². The van der Waals surface area contributed by atoms with Crippen molar-refractivity contribution in [1.29, 1.82) is 0 Å². The van der Waals surface area contributed by atoms with Crippen LogP contribution in [-0.4, -0.2) is 9.13 Å². The summed E-state index contributed by atoms with van der Waals surface area (Å²) in [6, 6.07) is 74.3. The molecule has 0 unspecified atom stereocenters. The minimum absolute atomic E-state index is 0.856. The van der Waals surface area contributed by atoms with Gasteiger partial charge in [-0.2, -0.15) is 0 Å². The van der Waals surface area contributed by atoms with Gasteiger partial charge < -0.3 is 13.9 Å². The number of hydrogen-bond donors (Lipinski definition) is 0. The Labute approximate surface area is 329 Å². The van der Waals surface area contributed by atoms with Gasteiger partial charge in [-0.15, -0.1) is 0 Å². The lowest BCUT2D eigenvalue weighted by atomic mass is 9.91. The van der Waals surface area contributed by atoms with E-state index in [4.69, 9.17) is 4.74 Å². The molecule has 3 heteroatoms. The highest BCUT2D eigenvalue weighted by Crippen LogP contribution is 2.49. The van der Waals surface area contributed by atoms with Gasteiger partial charge in [0.1, 0.15) is 11.5 Å². The molecule has 0 atom stereocenters. The van der Waals surface area contributed by atoms with Crippen LogP contribution in [0.2, 0.25) is 0 Å². The molecule has 11 aromatic rings. The largest absolute Gasteiger partial charge is 0.456 e. The Morgan fingerprint density at radius 1 is 0.263 bits per heavy atom. The minimum Gasteiger partial charge on any atom is -0.456 e. The molecule has 0 N–H and O–H groups in total. The van der Waals surface area contributed by atoms with E-state index in [0.29, 0.717) is 0 Å². The van der Waals surface area contributed by atoms with Gasteiger partial charge in [0.25, 0.3) is 0 Å². The predicted molar refractivity (Wildman–Crippen MR) is 237 cm³/mol. The summed E-state index contributed by atoms with van der Waals surface area (Å²) >= 11 is 0. The molecule has 0 aliphatic carbocycles. The summed E-state index contributed by atoms with van der Waals surface area (Å²) in [4.78, 5) is 0. The van der Waals surface area contributed by atoms with Crippen molar-refractivity contribution in [2.75, 3.05) is 0 Å². The van der Waals surface area contributed by atoms with Gasteiger partial charge in [-0.05, 0) is 118 Å². The average molecular weight is 727 g/mol. The van der Waals surface area contributed by atoms with Crippen LogP contribution in [0.5, 0.6) is 11.5 Å². The first-order valence-corrected chi connectivity index (χ1v) is 19.5. The Morgan fingerprint density at radius 2 is 0.632 bits per heavy atom. The van der Waals surface area contributed by atoms with Gasteiger partial charge >= 0.3 is 0 Å². The topological polar surface area (TPSA) is 19.1 Å². The fourth-order valence-electron chi connectivity index (χ4n) is 9.10. The third-order valence-corrected chi connectivity index (χ3v) is 11.7. The lowest BCUT2D eigenvalue weighted by Gasteiger charge is -2.12. The maximum absolute atomic E-state index is 6.82. The van der Waals surface area contributed by atoms with Gasteiger partial charge in [0.2, 0.25) is 0 Å². The molecule has 1 aliphatic rings. The molecule has 3 nitrogen and oxygen atoms in total. The number of nitrogens with zero attached hydrogens (tertiary/aromatic N) is 2. The number of para-hydroxylation sites is 4. The van der Waals surface area contributed by atoms with E-state index in [9.17, 15) is 0 Å². The molecule has 0 spiro atoms. The van der Waals surface area contributed by atoms with E-state index in [1.807, 2.05) is 0 Å². The van der Waals surface area contributed by atoms with E-state index in [-0.39, 0.29) is 0 Å². The van der Waals surface area contributed by atoms with E-state index < -0.39 is 0 Å². The van der Waals surface area contributed by atoms with Crippen molar-refractivity contribution in [2.24, 2.45) is 0 Å². The zero-order valence-electron chi connectivity index (χ0n) is 30.9. The van der Waals surface area contributed by atoms with E-state index >= 15 is 0 Å². The zero-order valence-corrected chi connectivity index (χ0v) is 30.9. The Morgan fingerprint density at radius 3 is 1.11 bits per heavy atom. The molecule has 9 aromatic carbocycles. The number of fused-ring (bicyclic) bond motifs is 11. The lowest BCUT2D eigenvalue weighted by Crippen LogP contribution is -1.93. The lowest BCUT2D eigenvalue weighted by molar-refractivity contribution is 0.488. The van der Waals surface area contributed by atoms with Crippen LogP contribution in [0.15, 0.2) is 206 Å². The highest BCUT2D eigenvalue weighted by molar-refractivity contribution is 6.12. The maximum atomic E-state index is 6.82. The van der Waals surface area contributed by atoms with Crippen LogP contribution in [0, 0.1) is 0 Å². The summed E-state index contributed by atoms with van der Waals surface area (Å²) in [5, 5.41) is 4.96. The van der Waals surface area contributed by atoms with E-state index in [0.717, 1.165) is 56.3 Å². The normalized spacial score (nSPS) is 12.0. The van der Waals surface area contributed by atoms with Crippen molar-refractivity contribution in [3.8, 4) is 67.4 Å². The second-order valence-corrected chi connectivity index (χ2v) is 14.9. The number of ether oxygens (including phenoxy) is 1. The summed E-state index contributed by atoms with van der Waals surface area (Å²) in [7, 11) is 0. The van der Waals surface area contributed by atoms with Crippen molar-refractivity contribution in [1.82, 2.24) is 9.13 Å². The molecule has 12 rings (SSSR count). The molecule has 0 radical (unpaired) electrons. The Bertz CT molecular complexity index is 3150. The molecule has 57 heavy (non-hydrogen) atoms. The van der Waals surface area contributed by atoms with Crippen molar-refractivity contribution in [3.63, 3.8) is 0 Å². The quantitative estimate of drug-likeness (QED) is 0.177. The van der Waals surface area contributed by atoms with E-state index in [2.05, 4.69) is 215 Å². The van der Waals surface area contributed by atoms with Crippen molar-refractivity contribution in [3.05, 3.63) is 206 Å². The molecule has 0 fully saturated rings. The number of aromatic nitrogens is 2. The van der Waals surface area contributed by atoms with Gasteiger partial charge in [-0.25, -0.2) is 0 Å². The summed E-state index contributed by atoms with van der Waals surface area (Å²) in [5.41, 5.74) is 16.3. The standard InChI is InChI=1S/C54H34N2O/c1-3-13-39(14-4-1)55-49-21-11-9-19-43(49)45-31-35(23-27-51(45)55)37-25-29-53-47(33-37)41-17-7-8-18-42(41)48-34-38(26-30-54(48)57-53)36-24-28-52-46(32-36)44-20-10-12-22-50(44)56(52)40-15-5-2-6-16-40/h1-34H. The third kappa shape index (κ3) is 4.92. The smallest absolute Gasteiger partial charge is 0.135 e. The maximum Gasteiger partial charge on any atom is 0.135 e. The molecular formula is C54H34N2O. The monoisotopic (exact) mass is 726 g/mol. The molecule has 0 saturated heterocycles. The van der Waals surface area contributed by atoms with E-state index in [1.54, 1.807) is 0 Å². The fraction of sp³-hybridized carbons (Fsp3) is 0. The number of benzene rings is 9. The zero-order chi connectivity index (χ0) is 37.5. The molecule has 0 amide bonds. The summed E-state index contributed by atoms with van der Waals surface area (Å²) in [5.74, 6) is 1.71. The van der Waals surface area contributed by atoms with Crippen LogP contribution in [0.25, 0.3) is 99.5 Å². The fourth-order valence-corrected chi connectivity index (χ4v) is 9.10. The average Bonchev–Trinajstić information content (AvgIpc) is 3.74. The van der Waals surface area contributed by atoms with Crippen LogP contribution in [-0.2, 0) is 0 Å². The first kappa shape index (κ1) is 31.7. The van der Waals surface area contributed by atoms with Gasteiger partial charge in [-0.1, -0.05) is 121 Å². The van der Waals surface area contributed by atoms with Gasteiger partial charge in [0.15, 0.2) is 0 Å². The Balaban J connectivity index is 0.967. The van der Waals surface area contributed by atoms with Crippen LogP contribution in [0.4, 0.5) is 0 Å². The highest BCUT2D eigenvalue weighted by atomic mass is 16.5. The third-order valence-electron chi connectivity index (χ3n) is 11.7. The molecule has 1 aliphatic heterocycles. The molecule has 266 valence electrons. The summed E-state index contributed by atoms with van der Waals surface area (Å²) in [6.07, 6.45) is 0. The molecule has 2 aromatic heterocycles. The van der Waals surface area contributed by atoms with Crippen LogP contribution < -0.4 is 4.74 Å².